The molecule has 1 heterocycles. The van der Waals surface area contributed by atoms with E-state index in [-0.39, 0.29) is 11.9 Å². The molecule has 1 aliphatic carbocycles. The van der Waals surface area contributed by atoms with Crippen LogP contribution in [-0.2, 0) is 0 Å². The molecule has 104 valence electrons. The van der Waals surface area contributed by atoms with Crippen molar-refractivity contribution in [2.45, 2.75) is 31.7 Å². The van der Waals surface area contributed by atoms with Crippen LogP contribution in [0.1, 0.15) is 36.2 Å². The monoisotopic (exact) mass is 281 g/mol. The molecule has 1 aromatic heterocycles. The van der Waals surface area contributed by atoms with Crippen LogP contribution < -0.4 is 5.73 Å². The third-order valence-corrected chi connectivity index (χ3v) is 4.16. The van der Waals surface area contributed by atoms with Gasteiger partial charge in [-0.25, -0.2) is 4.98 Å². The number of carbonyl (C=O) groups excluding carboxylic acids is 1. The van der Waals surface area contributed by atoms with Gasteiger partial charge in [0, 0.05) is 19.3 Å². The van der Waals surface area contributed by atoms with Crippen molar-refractivity contribution in [2.75, 3.05) is 13.6 Å². The highest BCUT2D eigenvalue weighted by Gasteiger charge is 2.30. The van der Waals surface area contributed by atoms with E-state index in [9.17, 15) is 4.79 Å². The lowest BCUT2D eigenvalue weighted by molar-refractivity contribution is 0.0614. The molecule has 0 saturated heterocycles. The highest BCUT2D eigenvalue weighted by Crippen LogP contribution is 2.27. The third kappa shape index (κ3) is 3.25. The minimum atomic E-state index is -0.0537. The van der Waals surface area contributed by atoms with E-state index in [1.54, 1.807) is 17.0 Å². The molecule has 0 radical (unpaired) electrons. The fraction of sp³-hybridized carbons (Fsp3) is 0.571. The fourth-order valence-corrected chi connectivity index (χ4v) is 2.92. The molecule has 1 saturated carbocycles. The Kier molecular flexibility index (Phi) is 4.77. The molecule has 0 bridgehead atoms. The maximum Gasteiger partial charge on any atom is 0.272 e. The van der Waals surface area contributed by atoms with Crippen LogP contribution in [0.2, 0.25) is 5.02 Å². The Morgan fingerprint density at radius 1 is 1.47 bits per heavy atom. The third-order valence-electron chi connectivity index (χ3n) is 3.94. The molecule has 1 amide bonds. The van der Waals surface area contributed by atoms with Crippen molar-refractivity contribution in [2.24, 2.45) is 11.7 Å². The first-order valence-corrected chi connectivity index (χ1v) is 7.10. The van der Waals surface area contributed by atoms with Gasteiger partial charge in [0.2, 0.25) is 0 Å². The maximum atomic E-state index is 12.4. The Morgan fingerprint density at radius 2 is 2.21 bits per heavy atom. The second kappa shape index (κ2) is 6.35. The summed E-state index contributed by atoms with van der Waals surface area (Å²) in [5.74, 6) is 0.344. The summed E-state index contributed by atoms with van der Waals surface area (Å²) in [5.41, 5.74) is 6.26. The summed E-state index contributed by atoms with van der Waals surface area (Å²) < 4.78 is 0. The lowest BCUT2D eigenvalue weighted by atomic mass is 9.83. The number of carbonyl (C=O) groups is 1. The first-order valence-electron chi connectivity index (χ1n) is 6.72. The molecule has 2 rings (SSSR count). The van der Waals surface area contributed by atoms with Crippen molar-refractivity contribution in [3.05, 3.63) is 29.0 Å². The number of aromatic nitrogens is 1. The van der Waals surface area contributed by atoms with Crippen molar-refractivity contribution in [3.63, 3.8) is 0 Å². The quantitative estimate of drug-likeness (QED) is 0.925. The fourth-order valence-electron chi connectivity index (χ4n) is 2.81. The molecular weight excluding hydrogens is 262 g/mol. The van der Waals surface area contributed by atoms with E-state index in [1.807, 2.05) is 7.05 Å². The normalized spacial score (nSPS) is 23.1. The minimum absolute atomic E-state index is 0.0537. The lowest BCUT2D eigenvalue weighted by Gasteiger charge is -2.37. The zero-order chi connectivity index (χ0) is 13.8. The summed E-state index contributed by atoms with van der Waals surface area (Å²) in [6.07, 6.45) is 6.00. The largest absolute Gasteiger partial charge is 0.337 e. The summed E-state index contributed by atoms with van der Waals surface area (Å²) in [7, 11) is 1.84. The Morgan fingerprint density at radius 3 is 2.84 bits per heavy atom. The van der Waals surface area contributed by atoms with Gasteiger partial charge in [0.1, 0.15) is 5.69 Å². The van der Waals surface area contributed by atoms with Crippen LogP contribution in [-0.4, -0.2) is 35.4 Å². The lowest BCUT2D eigenvalue weighted by Crippen LogP contribution is -2.46. The molecule has 0 aliphatic heterocycles. The highest BCUT2D eigenvalue weighted by atomic mass is 35.5. The zero-order valence-corrected chi connectivity index (χ0v) is 11.9. The van der Waals surface area contributed by atoms with Gasteiger partial charge >= 0.3 is 0 Å². The van der Waals surface area contributed by atoms with Gasteiger partial charge in [-0.2, -0.15) is 0 Å². The standard InChI is InChI=1S/C14H20ClN3O/c1-18(13-5-3-2-4-10(13)8-16)14(19)12-7-6-11(15)9-17-12/h6-7,9-10,13H,2-5,8,16H2,1H3. The van der Waals surface area contributed by atoms with Crippen molar-refractivity contribution in [1.82, 2.24) is 9.88 Å². The summed E-state index contributed by atoms with van der Waals surface area (Å²) in [6, 6.07) is 3.59. The van der Waals surface area contributed by atoms with E-state index < -0.39 is 0 Å². The van der Waals surface area contributed by atoms with Gasteiger partial charge in [-0.1, -0.05) is 24.4 Å². The molecule has 0 spiro atoms. The van der Waals surface area contributed by atoms with E-state index in [2.05, 4.69) is 4.98 Å². The first-order chi connectivity index (χ1) is 9.13. The first kappa shape index (κ1) is 14.3. The summed E-state index contributed by atoms with van der Waals surface area (Å²) in [5, 5.41) is 0.539. The van der Waals surface area contributed by atoms with Crippen molar-refractivity contribution in [1.29, 1.82) is 0 Å². The molecule has 1 aliphatic rings. The maximum absolute atomic E-state index is 12.4. The molecular formula is C14H20ClN3O. The SMILES string of the molecule is CN(C(=O)c1ccc(Cl)cn1)C1CCCCC1CN. The number of pyridine rings is 1. The van der Waals surface area contributed by atoms with E-state index >= 15 is 0 Å². The molecule has 2 unspecified atom stereocenters. The average Bonchev–Trinajstić information content (AvgIpc) is 2.46. The van der Waals surface area contributed by atoms with Crippen LogP contribution in [0.4, 0.5) is 0 Å². The number of amides is 1. The summed E-state index contributed by atoms with van der Waals surface area (Å²) in [6.45, 7) is 0.635. The molecule has 0 aromatic carbocycles. The highest BCUT2D eigenvalue weighted by molar-refractivity contribution is 6.30. The van der Waals surface area contributed by atoms with Crippen LogP contribution in [0.25, 0.3) is 0 Å². The van der Waals surface area contributed by atoms with Crippen LogP contribution in [0, 0.1) is 5.92 Å². The minimum Gasteiger partial charge on any atom is -0.337 e. The molecule has 2 N–H and O–H groups in total. The van der Waals surface area contributed by atoms with E-state index in [4.69, 9.17) is 17.3 Å². The van der Waals surface area contributed by atoms with Gasteiger partial charge in [-0.15, -0.1) is 0 Å². The van der Waals surface area contributed by atoms with Crippen molar-refractivity contribution in [3.8, 4) is 0 Å². The molecule has 2 atom stereocenters. The second-order valence-electron chi connectivity index (χ2n) is 5.13. The van der Waals surface area contributed by atoms with Gasteiger partial charge in [0.05, 0.1) is 5.02 Å². The smallest absolute Gasteiger partial charge is 0.272 e. The van der Waals surface area contributed by atoms with E-state index in [0.29, 0.717) is 23.2 Å². The number of nitrogens with two attached hydrogens (primary N) is 1. The van der Waals surface area contributed by atoms with Gasteiger partial charge in [-0.3, -0.25) is 4.79 Å². The molecule has 4 nitrogen and oxygen atoms in total. The number of halogens is 1. The molecule has 19 heavy (non-hydrogen) atoms. The predicted octanol–water partition coefficient (Wildman–Crippen LogP) is 2.32. The van der Waals surface area contributed by atoms with Crippen LogP contribution in [0.3, 0.4) is 0 Å². The average molecular weight is 282 g/mol. The molecule has 5 heteroatoms. The van der Waals surface area contributed by atoms with Crippen molar-refractivity contribution >= 4 is 17.5 Å². The predicted molar refractivity (Wildman–Crippen MR) is 76.1 cm³/mol. The number of hydrogen-bond acceptors (Lipinski definition) is 3. The Hall–Kier alpha value is -1.13. The molecule has 1 fully saturated rings. The number of nitrogens with zero attached hydrogens (tertiary/aromatic N) is 2. The second-order valence-corrected chi connectivity index (χ2v) is 5.56. The topological polar surface area (TPSA) is 59.2 Å². The van der Waals surface area contributed by atoms with E-state index in [0.717, 1.165) is 19.3 Å². The van der Waals surface area contributed by atoms with Gasteiger partial charge < -0.3 is 10.6 Å². The number of hydrogen-bond donors (Lipinski definition) is 1. The van der Waals surface area contributed by atoms with Crippen molar-refractivity contribution < 1.29 is 4.79 Å². The zero-order valence-electron chi connectivity index (χ0n) is 11.2. The Balaban J connectivity index is 2.11. The van der Waals surface area contributed by atoms with Gasteiger partial charge in [0.15, 0.2) is 0 Å². The van der Waals surface area contributed by atoms with Crippen LogP contribution in [0.5, 0.6) is 0 Å². The van der Waals surface area contributed by atoms with Crippen LogP contribution in [0.15, 0.2) is 18.3 Å². The van der Waals surface area contributed by atoms with Gasteiger partial charge in [-0.05, 0) is 37.4 Å². The summed E-state index contributed by atoms with van der Waals surface area (Å²) >= 11 is 5.79. The van der Waals surface area contributed by atoms with Crippen LogP contribution >= 0.6 is 11.6 Å². The summed E-state index contributed by atoms with van der Waals surface area (Å²) in [4.78, 5) is 18.3. The van der Waals surface area contributed by atoms with Gasteiger partial charge in [0.25, 0.3) is 5.91 Å². The van der Waals surface area contributed by atoms with E-state index in [1.165, 1.54) is 12.6 Å². The Labute approximate surface area is 118 Å². The Bertz CT molecular complexity index is 435. The molecule has 1 aromatic rings. The number of rotatable bonds is 3.